The second-order valence-corrected chi connectivity index (χ2v) is 6.25. The molecule has 1 saturated heterocycles. The highest BCUT2D eigenvalue weighted by molar-refractivity contribution is 5.84. The smallest absolute Gasteiger partial charge is 0.251 e. The summed E-state index contributed by atoms with van der Waals surface area (Å²) >= 11 is 0. The van der Waals surface area contributed by atoms with Gasteiger partial charge in [0, 0.05) is 18.0 Å². The maximum atomic E-state index is 12.2. The molecule has 0 spiro atoms. The van der Waals surface area contributed by atoms with E-state index in [1.54, 1.807) is 0 Å². The Hall–Kier alpha value is -2.65. The van der Waals surface area contributed by atoms with Gasteiger partial charge in [-0.3, -0.25) is 4.79 Å². The van der Waals surface area contributed by atoms with E-state index in [-0.39, 0.29) is 5.91 Å². The number of pyridine rings is 1. The lowest BCUT2D eigenvalue weighted by Gasteiger charge is -2.33. The highest BCUT2D eigenvalue weighted by atomic mass is 16.5. The van der Waals surface area contributed by atoms with Crippen molar-refractivity contribution in [3.05, 3.63) is 35.9 Å². The van der Waals surface area contributed by atoms with E-state index in [1.807, 2.05) is 35.2 Å². The summed E-state index contributed by atoms with van der Waals surface area (Å²) in [7, 11) is 0. The van der Waals surface area contributed by atoms with Gasteiger partial charge >= 0.3 is 0 Å². The predicted molar refractivity (Wildman–Crippen MR) is 89.6 cm³/mol. The Kier molecular flexibility index (Phi) is 3.79. The third-order valence-corrected chi connectivity index (χ3v) is 4.41. The summed E-state index contributed by atoms with van der Waals surface area (Å²) in [6.45, 7) is 1.48. The molecule has 2 fully saturated rings. The number of amides is 1. The van der Waals surface area contributed by atoms with E-state index in [0.29, 0.717) is 37.1 Å². The molecule has 4 rings (SSSR count). The number of ether oxygens (including phenoxy) is 1. The molecule has 1 unspecified atom stereocenters. The fourth-order valence-corrected chi connectivity index (χ4v) is 2.95. The van der Waals surface area contributed by atoms with E-state index in [9.17, 15) is 10.1 Å². The molecule has 1 amide bonds. The van der Waals surface area contributed by atoms with Gasteiger partial charge in [0.2, 0.25) is 0 Å². The van der Waals surface area contributed by atoms with Crippen molar-refractivity contribution in [2.75, 3.05) is 24.6 Å². The molecule has 2 heterocycles. The number of nitrogens with zero attached hydrogens (tertiary/aromatic N) is 3. The largest absolute Gasteiger partial charge is 0.365 e. The van der Waals surface area contributed by atoms with Gasteiger partial charge in [-0.25, -0.2) is 4.98 Å². The van der Waals surface area contributed by atoms with Gasteiger partial charge in [-0.15, -0.1) is 0 Å². The zero-order valence-corrected chi connectivity index (χ0v) is 13.2. The summed E-state index contributed by atoms with van der Waals surface area (Å²) in [5.74, 6) is 0.560. The van der Waals surface area contributed by atoms with Crippen LogP contribution >= 0.6 is 0 Å². The Labute approximate surface area is 140 Å². The molecule has 1 aliphatic heterocycles. The number of hydrogen-bond donors (Lipinski definition) is 1. The van der Waals surface area contributed by atoms with Gasteiger partial charge in [0.05, 0.1) is 24.2 Å². The van der Waals surface area contributed by atoms with Crippen LogP contribution in [0.1, 0.15) is 18.4 Å². The minimum absolute atomic E-state index is 0.0681. The first-order chi connectivity index (χ1) is 11.7. The molecule has 1 saturated carbocycles. The third-order valence-electron chi connectivity index (χ3n) is 4.41. The lowest BCUT2D eigenvalue weighted by atomic mass is 10.1. The predicted octanol–water partition coefficient (Wildman–Crippen LogP) is 1.59. The number of rotatable bonds is 3. The van der Waals surface area contributed by atoms with Crippen LogP contribution in [0, 0.1) is 11.3 Å². The first kappa shape index (κ1) is 14.9. The number of morpholine rings is 1. The average Bonchev–Trinajstić information content (AvgIpc) is 3.44. The Morgan fingerprint density at radius 2 is 2.21 bits per heavy atom. The number of carbonyl (C=O) groups excluding carboxylic acids is 1. The number of para-hydroxylation sites is 1. The van der Waals surface area contributed by atoms with Crippen molar-refractivity contribution in [3.63, 3.8) is 0 Å². The molecule has 1 atom stereocenters. The topological polar surface area (TPSA) is 78.2 Å². The normalized spacial score (nSPS) is 20.6. The quantitative estimate of drug-likeness (QED) is 0.928. The van der Waals surface area contributed by atoms with Crippen LogP contribution in [0.25, 0.3) is 10.9 Å². The van der Waals surface area contributed by atoms with E-state index >= 15 is 0 Å². The lowest BCUT2D eigenvalue weighted by Crippen LogP contribution is -2.50. The number of fused-ring (bicyclic) bond motifs is 1. The molecule has 1 aromatic carbocycles. The van der Waals surface area contributed by atoms with Gasteiger partial charge in [0.1, 0.15) is 11.9 Å². The van der Waals surface area contributed by atoms with Crippen molar-refractivity contribution in [2.45, 2.75) is 25.0 Å². The minimum atomic E-state index is -0.515. The molecule has 0 bridgehead atoms. The van der Waals surface area contributed by atoms with Crippen LogP contribution < -0.4 is 10.2 Å². The van der Waals surface area contributed by atoms with Gasteiger partial charge in [0.25, 0.3) is 5.91 Å². The molecule has 2 aromatic rings. The molecule has 1 aromatic heterocycles. The second-order valence-electron chi connectivity index (χ2n) is 6.25. The number of hydrogen-bond acceptors (Lipinski definition) is 5. The van der Waals surface area contributed by atoms with Crippen molar-refractivity contribution >= 4 is 22.6 Å². The summed E-state index contributed by atoms with van der Waals surface area (Å²) in [4.78, 5) is 18.9. The number of anilines is 1. The maximum Gasteiger partial charge on any atom is 0.251 e. The minimum Gasteiger partial charge on any atom is -0.365 e. The third kappa shape index (κ3) is 2.91. The van der Waals surface area contributed by atoms with Crippen LogP contribution in [0.15, 0.2) is 30.3 Å². The first-order valence-corrected chi connectivity index (χ1v) is 8.21. The molecule has 1 aliphatic carbocycles. The molecule has 0 radical (unpaired) electrons. The molecule has 6 nitrogen and oxygen atoms in total. The van der Waals surface area contributed by atoms with Crippen molar-refractivity contribution in [1.29, 1.82) is 5.26 Å². The number of nitriles is 1. The van der Waals surface area contributed by atoms with Gasteiger partial charge in [-0.05, 0) is 25.0 Å². The lowest BCUT2D eigenvalue weighted by molar-refractivity contribution is -0.133. The van der Waals surface area contributed by atoms with Gasteiger partial charge in [-0.2, -0.15) is 5.26 Å². The zero-order chi connectivity index (χ0) is 16.5. The summed E-state index contributed by atoms with van der Waals surface area (Å²) in [6, 6.07) is 12.1. The number of aromatic nitrogens is 1. The summed E-state index contributed by atoms with van der Waals surface area (Å²) in [5.41, 5.74) is 1.37. The van der Waals surface area contributed by atoms with Crippen LogP contribution in [0.2, 0.25) is 0 Å². The molecule has 122 valence electrons. The standard InChI is InChI=1S/C18H18N4O2/c19-10-13-9-12-3-1-2-4-15(12)21-17(13)22-7-8-24-16(11-22)18(23)20-14-5-6-14/h1-4,9,14,16H,5-8,11H2,(H,20,23). The van der Waals surface area contributed by atoms with E-state index in [4.69, 9.17) is 4.74 Å². The Bertz CT molecular complexity index is 825. The fraction of sp³-hybridized carbons (Fsp3) is 0.389. The van der Waals surface area contributed by atoms with Crippen LogP contribution in [-0.4, -0.2) is 42.7 Å². The van der Waals surface area contributed by atoms with Gasteiger partial charge in [-0.1, -0.05) is 18.2 Å². The molecule has 24 heavy (non-hydrogen) atoms. The van der Waals surface area contributed by atoms with E-state index < -0.39 is 6.10 Å². The summed E-state index contributed by atoms with van der Waals surface area (Å²) in [5, 5.41) is 13.4. The molecule has 1 N–H and O–H groups in total. The Balaban J connectivity index is 1.61. The van der Waals surface area contributed by atoms with Crippen LogP contribution in [0.4, 0.5) is 5.82 Å². The van der Waals surface area contributed by atoms with Crippen LogP contribution in [0.3, 0.4) is 0 Å². The van der Waals surface area contributed by atoms with Crippen molar-refractivity contribution in [3.8, 4) is 6.07 Å². The van der Waals surface area contributed by atoms with Crippen molar-refractivity contribution in [2.24, 2.45) is 0 Å². The van der Waals surface area contributed by atoms with E-state index in [2.05, 4.69) is 16.4 Å². The monoisotopic (exact) mass is 322 g/mol. The number of carbonyl (C=O) groups is 1. The molecular weight excluding hydrogens is 304 g/mol. The molecular formula is C18H18N4O2. The fourth-order valence-electron chi connectivity index (χ4n) is 2.95. The maximum absolute atomic E-state index is 12.2. The summed E-state index contributed by atoms with van der Waals surface area (Å²) < 4.78 is 5.62. The van der Waals surface area contributed by atoms with Crippen molar-refractivity contribution in [1.82, 2.24) is 10.3 Å². The number of benzene rings is 1. The first-order valence-electron chi connectivity index (χ1n) is 8.21. The average molecular weight is 322 g/mol. The Morgan fingerprint density at radius 1 is 1.38 bits per heavy atom. The van der Waals surface area contributed by atoms with E-state index in [0.717, 1.165) is 23.7 Å². The highest BCUT2D eigenvalue weighted by Crippen LogP contribution is 2.25. The SMILES string of the molecule is N#Cc1cc2ccccc2nc1N1CCOC(C(=O)NC2CC2)C1. The van der Waals surface area contributed by atoms with Gasteiger partial charge < -0.3 is 15.0 Å². The van der Waals surface area contributed by atoms with Crippen LogP contribution in [0.5, 0.6) is 0 Å². The number of nitrogens with one attached hydrogen (secondary N) is 1. The van der Waals surface area contributed by atoms with Gasteiger partial charge in [0.15, 0.2) is 6.10 Å². The molecule has 6 heteroatoms. The highest BCUT2D eigenvalue weighted by Gasteiger charge is 2.32. The zero-order valence-electron chi connectivity index (χ0n) is 13.2. The second kappa shape index (κ2) is 6.10. The van der Waals surface area contributed by atoms with Crippen molar-refractivity contribution < 1.29 is 9.53 Å². The molecule has 2 aliphatic rings. The Morgan fingerprint density at radius 3 is 3.00 bits per heavy atom. The van der Waals surface area contributed by atoms with E-state index in [1.165, 1.54) is 0 Å². The van der Waals surface area contributed by atoms with Crippen LogP contribution in [-0.2, 0) is 9.53 Å². The summed E-state index contributed by atoms with van der Waals surface area (Å²) in [6.07, 6.45) is 1.58.